The van der Waals surface area contributed by atoms with E-state index < -0.39 is 18.6 Å². The summed E-state index contributed by atoms with van der Waals surface area (Å²) in [6, 6.07) is 23.2. The van der Waals surface area contributed by atoms with Crippen LogP contribution in [0.4, 0.5) is 31.5 Å². The van der Waals surface area contributed by atoms with Gasteiger partial charge in [-0.1, -0.05) is 48.5 Å². The minimum Gasteiger partial charge on any atom is -0.427 e. The van der Waals surface area contributed by atoms with Crippen LogP contribution in [0.1, 0.15) is 0 Å². The lowest BCUT2D eigenvalue weighted by molar-refractivity contribution is 0.639. The predicted octanol–water partition coefficient (Wildman–Crippen LogP) is 5.61. The van der Waals surface area contributed by atoms with Crippen molar-refractivity contribution in [1.82, 2.24) is 17.5 Å². The van der Waals surface area contributed by atoms with Crippen molar-refractivity contribution in [3.8, 4) is 0 Å². The van der Waals surface area contributed by atoms with Gasteiger partial charge < -0.3 is 21.4 Å². The van der Waals surface area contributed by atoms with Gasteiger partial charge in [0, 0.05) is 44.4 Å². The van der Waals surface area contributed by atoms with Crippen molar-refractivity contribution in [1.29, 1.82) is 0 Å². The van der Waals surface area contributed by atoms with Crippen LogP contribution in [-0.4, -0.2) is 31.9 Å². The second kappa shape index (κ2) is 9.46. The summed E-state index contributed by atoms with van der Waals surface area (Å²) in [6.45, 7) is -0.694. The SMILES string of the molecule is Nc1cccc2cccc(N[B]c3c(F)c4c5nsnc5c(B5Nc6cccc7cccc(c67)N5)c(F)c4c4nsnc34)c12. The largest absolute Gasteiger partial charge is 0.427 e. The number of nitrogen functional groups attached to an aromatic ring is 1. The fraction of sp³-hybridized carbons (Fsp3) is 0. The van der Waals surface area contributed by atoms with Gasteiger partial charge in [-0.25, -0.2) is 8.78 Å². The van der Waals surface area contributed by atoms with Crippen LogP contribution in [0.2, 0.25) is 0 Å². The van der Waals surface area contributed by atoms with Crippen molar-refractivity contribution in [2.45, 2.75) is 0 Å². The van der Waals surface area contributed by atoms with E-state index in [1.165, 1.54) is 7.41 Å². The van der Waals surface area contributed by atoms with Crippen molar-refractivity contribution >= 4 is 126 Å². The highest BCUT2D eigenvalue weighted by molar-refractivity contribution is 7.01. The number of benzene rings is 6. The molecule has 0 atom stereocenters. The third-order valence-corrected chi connectivity index (χ3v) is 9.28. The number of anilines is 4. The number of nitrogens with two attached hydrogens (primary N) is 1. The Hall–Kier alpha value is -5.07. The lowest BCUT2D eigenvalue weighted by Crippen LogP contribution is -2.50. The highest BCUT2D eigenvalue weighted by Gasteiger charge is 2.35. The summed E-state index contributed by atoms with van der Waals surface area (Å²) in [5.74, 6) is -1.29. The van der Waals surface area contributed by atoms with Crippen LogP contribution in [0.3, 0.4) is 0 Å². The molecule has 1 radical (unpaired) electrons. The lowest BCUT2D eigenvalue weighted by atomic mass is 9.64. The Bertz CT molecular complexity index is 2440. The number of hydrogen-bond acceptors (Lipinski definition) is 10. The summed E-state index contributed by atoms with van der Waals surface area (Å²) in [4.78, 5) is 0. The average molecular weight is 613 g/mol. The maximum atomic E-state index is 16.9. The van der Waals surface area contributed by atoms with Crippen molar-refractivity contribution in [2.24, 2.45) is 0 Å². The first kappa shape index (κ1) is 25.4. The maximum absolute atomic E-state index is 16.9. The number of hydrogen-bond donors (Lipinski definition) is 4. The fourth-order valence-electron chi connectivity index (χ4n) is 6.31. The molecule has 0 saturated carbocycles. The molecule has 3 heterocycles. The molecule has 44 heavy (non-hydrogen) atoms. The molecule has 9 rings (SSSR count). The summed E-state index contributed by atoms with van der Waals surface area (Å²) in [5, 5.41) is 13.9. The molecule has 8 nitrogen and oxygen atoms in total. The monoisotopic (exact) mass is 613 g/mol. The first-order valence-corrected chi connectivity index (χ1v) is 15.2. The summed E-state index contributed by atoms with van der Waals surface area (Å²) >= 11 is 1.80. The van der Waals surface area contributed by atoms with Gasteiger partial charge in [-0.2, -0.15) is 17.5 Å². The number of nitrogens with zero attached hydrogens (tertiary/aromatic N) is 4. The van der Waals surface area contributed by atoms with Crippen LogP contribution >= 0.6 is 23.5 Å². The number of nitrogens with one attached hydrogen (secondary N) is 3. The first-order chi connectivity index (χ1) is 21.6. The standard InChI is InChI=1S/C30H17B2F2N8S2/c33-25-21-22(27-29(41-43-39-27)23(25)31-36-16-10-2-6-13-5-1-9-15(35)19(13)16)26(34)24(30-28(21)40-44-42-30)32-37-17-11-3-7-14-8-4-12-18(38-32)20(14)17/h1-12,36-38H,35H2. The molecular formula is C30H17B2F2N8S2. The minimum absolute atomic E-state index is 0.0130. The van der Waals surface area contributed by atoms with E-state index in [9.17, 15) is 0 Å². The average Bonchev–Trinajstić information content (AvgIpc) is 3.71. The molecule has 1 aliphatic heterocycles. The molecule has 8 aromatic rings. The van der Waals surface area contributed by atoms with Gasteiger partial charge in [0.25, 0.3) is 7.41 Å². The molecule has 0 bridgehead atoms. The molecular weight excluding hydrogens is 596 g/mol. The highest BCUT2D eigenvalue weighted by atomic mass is 32.1. The van der Waals surface area contributed by atoms with Gasteiger partial charge in [0.15, 0.2) is 0 Å². The molecule has 2 aromatic heterocycles. The Balaban J connectivity index is 1.22. The van der Waals surface area contributed by atoms with Crippen molar-refractivity contribution in [3.63, 3.8) is 0 Å². The lowest BCUT2D eigenvalue weighted by Gasteiger charge is -2.27. The summed E-state index contributed by atoms with van der Waals surface area (Å²) in [7, 11) is 1.53. The van der Waals surface area contributed by atoms with E-state index in [1.807, 2.05) is 72.8 Å². The van der Waals surface area contributed by atoms with E-state index >= 15 is 8.78 Å². The van der Waals surface area contributed by atoms with Crippen LogP contribution in [0.15, 0.2) is 72.8 Å². The molecule has 0 spiro atoms. The van der Waals surface area contributed by atoms with Crippen LogP contribution in [0.25, 0.3) is 54.4 Å². The van der Waals surface area contributed by atoms with Gasteiger partial charge in [0.1, 0.15) is 33.7 Å². The Morgan fingerprint density at radius 2 is 1.23 bits per heavy atom. The van der Waals surface area contributed by atoms with Crippen LogP contribution in [0.5, 0.6) is 0 Å². The molecule has 0 unspecified atom stereocenters. The van der Waals surface area contributed by atoms with Gasteiger partial charge >= 0.3 is 6.98 Å². The van der Waals surface area contributed by atoms with Gasteiger partial charge in [-0.05, 0) is 35.0 Å². The summed E-state index contributed by atoms with van der Waals surface area (Å²) in [6.07, 6.45) is 0. The summed E-state index contributed by atoms with van der Waals surface area (Å²) < 4.78 is 51.3. The highest BCUT2D eigenvalue weighted by Crippen LogP contribution is 2.37. The Morgan fingerprint density at radius 1 is 0.659 bits per heavy atom. The Morgan fingerprint density at radius 3 is 1.95 bits per heavy atom. The molecule has 0 fully saturated rings. The second-order valence-electron chi connectivity index (χ2n) is 10.6. The normalized spacial score (nSPS) is 12.7. The zero-order chi connectivity index (χ0) is 29.5. The third-order valence-electron chi connectivity index (χ3n) is 8.22. The van der Waals surface area contributed by atoms with E-state index in [1.54, 1.807) is 0 Å². The molecule has 14 heteroatoms. The van der Waals surface area contributed by atoms with Gasteiger partial charge in [-0.15, -0.1) is 0 Å². The molecule has 0 amide bonds. The molecule has 1 aliphatic rings. The smallest absolute Gasteiger partial charge is 0.411 e. The number of fused-ring (bicyclic) bond motifs is 6. The minimum atomic E-state index is -0.694. The topological polar surface area (TPSA) is 114 Å². The maximum Gasteiger partial charge on any atom is 0.411 e. The van der Waals surface area contributed by atoms with Crippen LogP contribution in [-0.2, 0) is 0 Å². The third kappa shape index (κ3) is 3.55. The number of aromatic nitrogens is 4. The van der Waals surface area contributed by atoms with Gasteiger partial charge in [0.2, 0.25) is 0 Å². The predicted molar refractivity (Wildman–Crippen MR) is 180 cm³/mol. The molecule has 0 saturated heterocycles. The molecule has 0 aliphatic carbocycles. The first-order valence-electron chi connectivity index (χ1n) is 13.7. The van der Waals surface area contributed by atoms with Crippen molar-refractivity contribution in [3.05, 3.63) is 84.4 Å². The molecule has 5 N–H and O–H groups in total. The van der Waals surface area contributed by atoms with Crippen LogP contribution < -0.4 is 32.3 Å². The Labute approximate surface area is 257 Å². The van der Waals surface area contributed by atoms with Crippen molar-refractivity contribution in [2.75, 3.05) is 21.4 Å². The number of halogens is 2. The van der Waals surface area contributed by atoms with E-state index in [0.29, 0.717) is 11.4 Å². The quantitative estimate of drug-likeness (QED) is 0.150. The van der Waals surface area contributed by atoms with Crippen molar-refractivity contribution < 1.29 is 8.78 Å². The van der Waals surface area contributed by atoms with E-state index in [-0.39, 0.29) is 43.8 Å². The Kier molecular flexibility index (Phi) is 5.47. The van der Waals surface area contributed by atoms with Gasteiger partial charge in [0.05, 0.1) is 34.2 Å². The number of rotatable bonds is 4. The molecule has 6 aromatic carbocycles. The zero-order valence-electron chi connectivity index (χ0n) is 22.5. The fourth-order valence-corrected chi connectivity index (χ4v) is 7.44. The van der Waals surface area contributed by atoms with E-state index in [2.05, 4.69) is 33.2 Å². The summed E-state index contributed by atoms with van der Waals surface area (Å²) in [5.41, 5.74) is 10.7. The molecule has 209 valence electrons. The second-order valence-corrected chi connectivity index (χ2v) is 11.7. The van der Waals surface area contributed by atoms with Gasteiger partial charge in [-0.3, -0.25) is 0 Å². The zero-order valence-corrected chi connectivity index (χ0v) is 24.2. The van der Waals surface area contributed by atoms with E-state index in [4.69, 9.17) is 5.73 Å². The van der Waals surface area contributed by atoms with Crippen LogP contribution in [0, 0.1) is 11.6 Å². The van der Waals surface area contributed by atoms with E-state index in [0.717, 1.165) is 56.4 Å².